The Balaban J connectivity index is 1.90. The number of hydrogen-bond donors (Lipinski definition) is 1. The Hall–Kier alpha value is -1.44. The number of rotatable bonds is 1. The van der Waals surface area contributed by atoms with Crippen LogP contribution in [0.2, 0.25) is 0 Å². The first-order chi connectivity index (χ1) is 9.47. The van der Waals surface area contributed by atoms with Gasteiger partial charge in [0.2, 0.25) is 11.8 Å². The zero-order chi connectivity index (χ0) is 14.4. The van der Waals surface area contributed by atoms with Crippen LogP contribution in [0.25, 0.3) is 0 Å². The van der Waals surface area contributed by atoms with Gasteiger partial charge in [0.05, 0.1) is 0 Å². The van der Waals surface area contributed by atoms with E-state index in [1.54, 1.807) is 4.90 Å². The summed E-state index contributed by atoms with van der Waals surface area (Å²) in [6, 6.07) is 3.34. The van der Waals surface area contributed by atoms with Crippen molar-refractivity contribution >= 4 is 40.3 Å². The number of piperidine rings is 1. The van der Waals surface area contributed by atoms with Crippen molar-refractivity contribution in [3.05, 3.63) is 32.4 Å². The number of hydrogen-bond acceptors (Lipinski definition) is 3. The lowest BCUT2D eigenvalue weighted by atomic mass is 10.0. The summed E-state index contributed by atoms with van der Waals surface area (Å²) in [4.78, 5) is 37.1. The number of aryl methyl sites for hydroxylation is 1. The lowest BCUT2D eigenvalue weighted by Gasteiger charge is -2.29. The third-order valence-corrected chi connectivity index (χ3v) is 4.96. The molecule has 20 heavy (non-hydrogen) atoms. The molecule has 2 heterocycles. The maximum absolute atomic E-state index is 12.4. The summed E-state index contributed by atoms with van der Waals surface area (Å²) in [5.41, 5.74) is 2.75. The minimum Gasteiger partial charge on any atom is -0.322 e. The van der Waals surface area contributed by atoms with Crippen molar-refractivity contribution in [3.63, 3.8) is 0 Å². The number of benzene rings is 1. The van der Waals surface area contributed by atoms with E-state index in [-0.39, 0.29) is 24.1 Å². The SMILES string of the molecule is Cc1cc2c(cc1I)C(=O)N(C1CCC(=O)NC1=O)C2. The van der Waals surface area contributed by atoms with Gasteiger partial charge >= 0.3 is 0 Å². The molecular weight excluding hydrogens is 371 g/mol. The van der Waals surface area contributed by atoms with Gasteiger partial charge in [-0.3, -0.25) is 19.7 Å². The van der Waals surface area contributed by atoms with Crippen LogP contribution in [0.1, 0.15) is 34.3 Å². The Labute approximate surface area is 129 Å². The summed E-state index contributed by atoms with van der Waals surface area (Å²) in [5.74, 6) is -0.748. The van der Waals surface area contributed by atoms with Gasteiger partial charge in [0.15, 0.2) is 0 Å². The van der Waals surface area contributed by atoms with E-state index in [1.807, 2.05) is 19.1 Å². The fraction of sp³-hybridized carbons (Fsp3) is 0.357. The molecule has 104 valence electrons. The molecule has 0 radical (unpaired) electrons. The van der Waals surface area contributed by atoms with Gasteiger partial charge < -0.3 is 4.90 Å². The van der Waals surface area contributed by atoms with Crippen LogP contribution in [-0.4, -0.2) is 28.7 Å². The van der Waals surface area contributed by atoms with E-state index in [1.165, 1.54) is 0 Å². The molecule has 2 aliphatic heterocycles. The monoisotopic (exact) mass is 384 g/mol. The van der Waals surface area contributed by atoms with E-state index < -0.39 is 6.04 Å². The lowest BCUT2D eigenvalue weighted by molar-refractivity contribution is -0.136. The average molecular weight is 384 g/mol. The van der Waals surface area contributed by atoms with Gasteiger partial charge in [-0.2, -0.15) is 0 Å². The highest BCUT2D eigenvalue weighted by atomic mass is 127. The second-order valence-electron chi connectivity index (χ2n) is 5.16. The highest BCUT2D eigenvalue weighted by molar-refractivity contribution is 14.1. The van der Waals surface area contributed by atoms with E-state index in [0.717, 1.165) is 14.7 Å². The molecule has 1 fully saturated rings. The number of nitrogens with one attached hydrogen (secondary N) is 1. The predicted molar refractivity (Wildman–Crippen MR) is 79.9 cm³/mol. The molecule has 3 amide bonds. The average Bonchev–Trinajstić information content (AvgIpc) is 2.68. The zero-order valence-electron chi connectivity index (χ0n) is 10.9. The fourth-order valence-electron chi connectivity index (χ4n) is 2.71. The first kappa shape index (κ1) is 13.5. The quantitative estimate of drug-likeness (QED) is 0.588. The molecule has 2 aliphatic rings. The summed E-state index contributed by atoms with van der Waals surface area (Å²) in [6.45, 7) is 2.44. The Morgan fingerprint density at radius 3 is 2.75 bits per heavy atom. The Morgan fingerprint density at radius 2 is 2.05 bits per heavy atom. The van der Waals surface area contributed by atoms with Crippen LogP contribution in [0.5, 0.6) is 0 Å². The maximum Gasteiger partial charge on any atom is 0.255 e. The molecule has 1 atom stereocenters. The van der Waals surface area contributed by atoms with Crippen molar-refractivity contribution in [1.29, 1.82) is 0 Å². The van der Waals surface area contributed by atoms with Crippen LogP contribution in [0.3, 0.4) is 0 Å². The third-order valence-electron chi connectivity index (χ3n) is 3.80. The second-order valence-corrected chi connectivity index (χ2v) is 6.32. The van der Waals surface area contributed by atoms with Gasteiger partial charge in [-0.25, -0.2) is 0 Å². The summed E-state index contributed by atoms with van der Waals surface area (Å²) in [7, 11) is 0. The van der Waals surface area contributed by atoms with E-state index >= 15 is 0 Å². The predicted octanol–water partition coefficient (Wildman–Crippen LogP) is 1.36. The van der Waals surface area contributed by atoms with Crippen molar-refractivity contribution in [2.45, 2.75) is 32.4 Å². The Morgan fingerprint density at radius 1 is 1.30 bits per heavy atom. The number of carbonyl (C=O) groups excluding carboxylic acids is 3. The number of nitrogens with zero attached hydrogens (tertiary/aromatic N) is 1. The molecule has 1 saturated heterocycles. The molecule has 0 aliphatic carbocycles. The molecule has 0 spiro atoms. The number of carbonyl (C=O) groups is 3. The molecule has 0 aromatic heterocycles. The molecule has 5 nitrogen and oxygen atoms in total. The van der Waals surface area contributed by atoms with Crippen LogP contribution in [0.4, 0.5) is 0 Å². The molecule has 1 unspecified atom stereocenters. The van der Waals surface area contributed by atoms with E-state index in [4.69, 9.17) is 0 Å². The largest absolute Gasteiger partial charge is 0.322 e. The lowest BCUT2D eigenvalue weighted by Crippen LogP contribution is -2.52. The summed E-state index contributed by atoms with van der Waals surface area (Å²) in [5, 5.41) is 2.30. The van der Waals surface area contributed by atoms with Crippen molar-refractivity contribution in [2.75, 3.05) is 0 Å². The minimum absolute atomic E-state index is 0.118. The summed E-state index contributed by atoms with van der Waals surface area (Å²) < 4.78 is 1.04. The van der Waals surface area contributed by atoms with E-state index in [9.17, 15) is 14.4 Å². The van der Waals surface area contributed by atoms with Gasteiger partial charge in [-0.05, 0) is 53.1 Å². The number of imide groups is 1. The standard InChI is InChI=1S/C14H13IN2O3/c1-7-4-8-6-17(14(20)9(8)5-10(7)15)11-2-3-12(18)16-13(11)19/h4-5,11H,2-3,6H2,1H3,(H,16,18,19). The summed E-state index contributed by atoms with van der Waals surface area (Å²) in [6.07, 6.45) is 0.688. The van der Waals surface area contributed by atoms with Crippen LogP contribution in [-0.2, 0) is 16.1 Å². The molecule has 6 heteroatoms. The summed E-state index contributed by atoms with van der Waals surface area (Å²) >= 11 is 2.20. The molecular formula is C14H13IN2O3. The zero-order valence-corrected chi connectivity index (χ0v) is 13.1. The number of amides is 3. The topological polar surface area (TPSA) is 66.5 Å². The molecule has 1 N–H and O–H groups in total. The molecule has 1 aromatic carbocycles. The highest BCUT2D eigenvalue weighted by Crippen LogP contribution is 2.29. The van der Waals surface area contributed by atoms with Gasteiger partial charge in [0.1, 0.15) is 6.04 Å². The number of halogens is 1. The fourth-order valence-corrected chi connectivity index (χ4v) is 3.18. The van der Waals surface area contributed by atoms with Crippen molar-refractivity contribution < 1.29 is 14.4 Å². The maximum atomic E-state index is 12.4. The van der Waals surface area contributed by atoms with Crippen LogP contribution >= 0.6 is 22.6 Å². The molecule has 1 aromatic rings. The normalized spacial score (nSPS) is 22.0. The molecule has 0 saturated carbocycles. The van der Waals surface area contributed by atoms with Crippen molar-refractivity contribution in [2.24, 2.45) is 0 Å². The first-order valence-electron chi connectivity index (χ1n) is 6.41. The van der Waals surface area contributed by atoms with E-state index in [0.29, 0.717) is 18.5 Å². The Kier molecular flexibility index (Phi) is 3.27. The Bertz CT molecular complexity index is 642. The molecule has 0 bridgehead atoms. The van der Waals surface area contributed by atoms with Gasteiger partial charge in [-0.15, -0.1) is 0 Å². The first-order valence-corrected chi connectivity index (χ1v) is 7.49. The third kappa shape index (κ3) is 2.11. The highest BCUT2D eigenvalue weighted by Gasteiger charge is 2.39. The van der Waals surface area contributed by atoms with Crippen molar-refractivity contribution in [3.8, 4) is 0 Å². The number of fused-ring (bicyclic) bond motifs is 1. The van der Waals surface area contributed by atoms with Crippen LogP contribution in [0.15, 0.2) is 12.1 Å². The van der Waals surface area contributed by atoms with Crippen molar-refractivity contribution in [1.82, 2.24) is 10.2 Å². The van der Waals surface area contributed by atoms with Gasteiger partial charge in [0.25, 0.3) is 5.91 Å². The minimum atomic E-state index is -0.537. The van der Waals surface area contributed by atoms with Crippen LogP contribution in [0, 0.1) is 10.5 Å². The second kappa shape index (κ2) is 4.83. The van der Waals surface area contributed by atoms with E-state index in [2.05, 4.69) is 27.9 Å². The molecule has 3 rings (SSSR count). The smallest absolute Gasteiger partial charge is 0.255 e. The van der Waals surface area contributed by atoms with Crippen LogP contribution < -0.4 is 5.32 Å². The van der Waals surface area contributed by atoms with Gasteiger partial charge in [-0.1, -0.05) is 6.07 Å². The van der Waals surface area contributed by atoms with Gasteiger partial charge in [0, 0.05) is 22.1 Å².